The first kappa shape index (κ1) is 23.0. The molecule has 1 saturated carbocycles. The number of hydrogen-bond donors (Lipinski definition) is 2. The van der Waals surface area contributed by atoms with Crippen molar-refractivity contribution >= 4 is 21.6 Å². The van der Waals surface area contributed by atoms with E-state index in [9.17, 15) is 9.50 Å². The second-order valence-electron chi connectivity index (χ2n) is 9.34. The van der Waals surface area contributed by atoms with E-state index in [2.05, 4.69) is 45.8 Å². The van der Waals surface area contributed by atoms with Crippen molar-refractivity contribution in [3.63, 3.8) is 0 Å². The van der Waals surface area contributed by atoms with E-state index < -0.39 is 0 Å². The summed E-state index contributed by atoms with van der Waals surface area (Å²) in [5.41, 5.74) is 5.70. The molecule has 182 valence electrons. The van der Waals surface area contributed by atoms with Crippen LogP contribution in [0.2, 0.25) is 0 Å². The van der Waals surface area contributed by atoms with Crippen molar-refractivity contribution in [2.24, 2.45) is 7.05 Å². The van der Waals surface area contributed by atoms with Crippen LogP contribution in [-0.2, 0) is 13.6 Å². The molecule has 0 saturated heterocycles. The molecule has 0 aliphatic heterocycles. The molecule has 0 spiro atoms. The van der Waals surface area contributed by atoms with Gasteiger partial charge in [0.05, 0.1) is 16.3 Å². The quantitative estimate of drug-likeness (QED) is 0.320. The van der Waals surface area contributed by atoms with Gasteiger partial charge in [-0.05, 0) is 66.3 Å². The molecule has 6 nitrogen and oxygen atoms in total. The maximum atomic E-state index is 14.2. The van der Waals surface area contributed by atoms with Crippen LogP contribution in [-0.4, -0.2) is 37.0 Å². The van der Waals surface area contributed by atoms with Crippen molar-refractivity contribution in [2.75, 3.05) is 0 Å². The Hall–Kier alpha value is -3.46. The normalized spacial score (nSPS) is 17.8. The molecule has 1 aliphatic carbocycles. The Morgan fingerprint density at radius 3 is 2.75 bits per heavy atom. The maximum Gasteiger partial charge on any atom is 0.164 e. The molecule has 2 N–H and O–H groups in total. The van der Waals surface area contributed by atoms with Gasteiger partial charge < -0.3 is 15.0 Å². The fourth-order valence-electron chi connectivity index (χ4n) is 4.93. The van der Waals surface area contributed by atoms with Crippen molar-refractivity contribution in [3.05, 3.63) is 78.4 Å². The molecule has 0 bridgehead atoms. The molecule has 36 heavy (non-hydrogen) atoms. The lowest BCUT2D eigenvalue weighted by molar-refractivity contribution is 0.148. The molecule has 8 heteroatoms. The summed E-state index contributed by atoms with van der Waals surface area (Å²) in [5, 5.41) is 22.7. The SMILES string of the molecule is Cn1cnnc1-c1cc(F)ccc1-c1cccc(-c2nc3ccc(CN[C@@H]4CCC[C@@H]4O)cc3s2)c1. The zero-order valence-corrected chi connectivity index (χ0v) is 20.7. The zero-order valence-electron chi connectivity index (χ0n) is 19.9. The van der Waals surface area contributed by atoms with Gasteiger partial charge in [0.2, 0.25) is 0 Å². The number of aliphatic hydroxyl groups excluding tert-OH is 1. The van der Waals surface area contributed by atoms with E-state index in [0.717, 1.165) is 57.7 Å². The lowest BCUT2D eigenvalue weighted by atomic mass is 9.97. The third-order valence-corrected chi connectivity index (χ3v) is 7.92. The van der Waals surface area contributed by atoms with E-state index in [1.807, 2.05) is 19.2 Å². The summed E-state index contributed by atoms with van der Waals surface area (Å²) in [6, 6.07) is 19.5. The summed E-state index contributed by atoms with van der Waals surface area (Å²) in [6.07, 6.45) is 4.35. The number of benzene rings is 3. The third-order valence-electron chi connectivity index (χ3n) is 6.86. The first-order valence-electron chi connectivity index (χ1n) is 12.1. The van der Waals surface area contributed by atoms with Gasteiger partial charge in [-0.1, -0.05) is 30.3 Å². The van der Waals surface area contributed by atoms with E-state index in [1.165, 1.54) is 17.7 Å². The van der Waals surface area contributed by atoms with Gasteiger partial charge in [0.1, 0.15) is 17.2 Å². The molecule has 2 atom stereocenters. The number of thiazole rings is 1. The summed E-state index contributed by atoms with van der Waals surface area (Å²) in [4.78, 5) is 4.88. The molecular weight excluding hydrogens is 473 g/mol. The van der Waals surface area contributed by atoms with Crippen molar-refractivity contribution in [1.29, 1.82) is 0 Å². The number of nitrogens with zero attached hydrogens (tertiary/aromatic N) is 4. The summed E-state index contributed by atoms with van der Waals surface area (Å²) in [7, 11) is 1.85. The first-order valence-corrected chi connectivity index (χ1v) is 12.9. The number of aryl methyl sites for hydroxylation is 1. The number of nitrogens with one attached hydrogen (secondary N) is 1. The van der Waals surface area contributed by atoms with Gasteiger partial charge in [0.15, 0.2) is 5.82 Å². The fraction of sp³-hybridized carbons (Fsp3) is 0.250. The van der Waals surface area contributed by atoms with Crippen LogP contribution >= 0.6 is 11.3 Å². The Balaban J connectivity index is 1.31. The average Bonchev–Trinajstić information content (AvgIpc) is 3.62. The van der Waals surface area contributed by atoms with Gasteiger partial charge in [-0.15, -0.1) is 21.5 Å². The molecule has 2 aromatic heterocycles. The molecule has 0 amide bonds. The standard InChI is InChI=1S/C28H26FN5OS/c1-34-16-31-33-27(34)22-14-20(29)9-10-21(22)18-4-2-5-19(13-18)28-32-24-11-8-17(12-26(24)36-28)15-30-23-6-3-7-25(23)35/h2,4-5,8-14,16,23,25,30,35H,3,6-7,15H2,1H3/t23-,25+/m1/s1. The molecule has 3 aromatic carbocycles. The van der Waals surface area contributed by atoms with E-state index in [-0.39, 0.29) is 18.0 Å². The Labute approximate surface area is 212 Å². The Kier molecular flexibility index (Phi) is 6.08. The predicted octanol–water partition coefficient (Wildman–Crippen LogP) is 5.57. The second-order valence-corrected chi connectivity index (χ2v) is 10.4. The summed E-state index contributed by atoms with van der Waals surface area (Å²) < 4.78 is 17.1. The zero-order chi connectivity index (χ0) is 24.6. The van der Waals surface area contributed by atoms with Crippen LogP contribution in [0.5, 0.6) is 0 Å². The number of fused-ring (bicyclic) bond motifs is 1. The minimum atomic E-state index is -0.313. The summed E-state index contributed by atoms with van der Waals surface area (Å²) >= 11 is 1.66. The molecule has 0 radical (unpaired) electrons. The third kappa shape index (κ3) is 4.43. The van der Waals surface area contributed by atoms with Crippen molar-refractivity contribution in [3.8, 4) is 33.1 Å². The number of aromatic nitrogens is 4. The van der Waals surface area contributed by atoms with Crippen LogP contribution in [0, 0.1) is 5.82 Å². The number of aliphatic hydroxyl groups is 1. The van der Waals surface area contributed by atoms with E-state index in [1.54, 1.807) is 28.3 Å². The molecule has 1 aliphatic rings. The molecule has 2 heterocycles. The largest absolute Gasteiger partial charge is 0.392 e. The Morgan fingerprint density at radius 1 is 1.06 bits per heavy atom. The van der Waals surface area contributed by atoms with E-state index in [4.69, 9.17) is 4.98 Å². The Morgan fingerprint density at radius 2 is 1.94 bits per heavy atom. The van der Waals surface area contributed by atoms with Gasteiger partial charge in [0.25, 0.3) is 0 Å². The van der Waals surface area contributed by atoms with Crippen LogP contribution in [0.4, 0.5) is 4.39 Å². The highest BCUT2D eigenvalue weighted by atomic mass is 32.1. The smallest absolute Gasteiger partial charge is 0.164 e. The lowest BCUT2D eigenvalue weighted by Gasteiger charge is -2.16. The van der Waals surface area contributed by atoms with Crippen molar-refractivity contribution < 1.29 is 9.50 Å². The molecule has 1 fully saturated rings. The van der Waals surface area contributed by atoms with Gasteiger partial charge in [-0.25, -0.2) is 9.37 Å². The van der Waals surface area contributed by atoms with Crippen molar-refractivity contribution in [2.45, 2.75) is 38.0 Å². The van der Waals surface area contributed by atoms with Crippen LogP contribution in [0.25, 0.3) is 43.3 Å². The average molecular weight is 500 g/mol. The van der Waals surface area contributed by atoms with Gasteiger partial charge >= 0.3 is 0 Å². The molecule has 5 aromatic rings. The number of hydrogen-bond acceptors (Lipinski definition) is 6. The minimum absolute atomic E-state index is 0.179. The monoisotopic (exact) mass is 499 g/mol. The van der Waals surface area contributed by atoms with E-state index in [0.29, 0.717) is 11.4 Å². The predicted molar refractivity (Wildman–Crippen MR) is 141 cm³/mol. The van der Waals surface area contributed by atoms with E-state index >= 15 is 0 Å². The second kappa shape index (κ2) is 9.54. The highest BCUT2D eigenvalue weighted by molar-refractivity contribution is 7.21. The van der Waals surface area contributed by atoms with Crippen molar-refractivity contribution in [1.82, 2.24) is 25.1 Å². The van der Waals surface area contributed by atoms with Crippen LogP contribution < -0.4 is 5.32 Å². The van der Waals surface area contributed by atoms with Crippen LogP contribution in [0.3, 0.4) is 0 Å². The topological polar surface area (TPSA) is 75.9 Å². The number of rotatable bonds is 6. The summed E-state index contributed by atoms with van der Waals surface area (Å²) in [6.45, 7) is 0.732. The van der Waals surface area contributed by atoms with Gasteiger partial charge in [-0.2, -0.15) is 0 Å². The first-order chi connectivity index (χ1) is 17.5. The lowest BCUT2D eigenvalue weighted by Crippen LogP contribution is -2.34. The van der Waals surface area contributed by atoms with Gasteiger partial charge in [0, 0.05) is 30.8 Å². The molecular formula is C28H26FN5OS. The Bertz CT molecular complexity index is 1540. The number of halogens is 1. The van der Waals surface area contributed by atoms with Crippen LogP contribution in [0.15, 0.2) is 67.0 Å². The fourth-order valence-corrected chi connectivity index (χ4v) is 5.96. The molecule has 0 unspecified atom stereocenters. The molecule has 6 rings (SSSR count). The maximum absolute atomic E-state index is 14.2. The highest BCUT2D eigenvalue weighted by Crippen LogP contribution is 2.36. The van der Waals surface area contributed by atoms with Crippen LogP contribution in [0.1, 0.15) is 24.8 Å². The minimum Gasteiger partial charge on any atom is -0.392 e. The summed E-state index contributed by atoms with van der Waals surface area (Å²) in [5.74, 6) is 0.299. The highest BCUT2D eigenvalue weighted by Gasteiger charge is 2.24. The van der Waals surface area contributed by atoms with Gasteiger partial charge in [-0.3, -0.25) is 0 Å².